The maximum Gasteiger partial charge on any atom is 0.337 e. The molecule has 0 saturated carbocycles. The molecule has 5 nitrogen and oxygen atoms in total. The topological polar surface area (TPSA) is 64.2 Å². The van der Waals surface area contributed by atoms with Crippen LogP contribution in [0.3, 0.4) is 0 Å². The second-order valence-corrected chi connectivity index (χ2v) is 5.18. The van der Waals surface area contributed by atoms with Crippen LogP contribution in [0.2, 0.25) is 0 Å². The average Bonchev–Trinajstić information content (AvgIpc) is 3.02. The highest BCUT2D eigenvalue weighted by atomic mass is 16.5. The van der Waals surface area contributed by atoms with E-state index in [1.165, 1.54) is 7.11 Å². The van der Waals surface area contributed by atoms with Gasteiger partial charge in [0.2, 0.25) is 0 Å². The summed E-state index contributed by atoms with van der Waals surface area (Å²) in [6.07, 6.45) is 0.980. The fourth-order valence-corrected chi connectivity index (χ4v) is 2.32. The molecule has 0 fully saturated rings. The van der Waals surface area contributed by atoms with E-state index in [1.807, 2.05) is 24.3 Å². The number of nitrogens with one attached hydrogen (secondary N) is 1. The molecule has 0 atom stereocenters. The van der Waals surface area contributed by atoms with Crippen molar-refractivity contribution in [2.75, 3.05) is 13.7 Å². The predicted molar refractivity (Wildman–Crippen MR) is 88.7 cm³/mol. The molecule has 1 N–H and O–H groups in total. The Morgan fingerprint density at radius 2 is 1.96 bits per heavy atom. The Bertz CT molecular complexity index is 822. The first-order valence-corrected chi connectivity index (χ1v) is 7.52. The van der Waals surface area contributed by atoms with E-state index >= 15 is 0 Å². The van der Waals surface area contributed by atoms with Gasteiger partial charge in [-0.05, 0) is 48.9 Å². The van der Waals surface area contributed by atoms with Gasteiger partial charge >= 0.3 is 5.97 Å². The van der Waals surface area contributed by atoms with Crippen LogP contribution in [0.4, 0.5) is 0 Å². The molecule has 1 aromatic heterocycles. The Kier molecular flexibility index (Phi) is 4.28. The Morgan fingerprint density at radius 3 is 2.65 bits per heavy atom. The summed E-state index contributed by atoms with van der Waals surface area (Å²) < 4.78 is 10.3. The Labute approximate surface area is 134 Å². The molecular formula is C18H18N2O3. The Balaban J connectivity index is 1.89. The van der Waals surface area contributed by atoms with Crippen LogP contribution < -0.4 is 4.74 Å². The van der Waals surface area contributed by atoms with E-state index in [0.29, 0.717) is 12.2 Å². The summed E-state index contributed by atoms with van der Waals surface area (Å²) in [4.78, 5) is 19.4. The van der Waals surface area contributed by atoms with Crippen molar-refractivity contribution >= 4 is 17.0 Å². The van der Waals surface area contributed by atoms with Gasteiger partial charge in [0.1, 0.15) is 11.6 Å². The fourth-order valence-electron chi connectivity index (χ4n) is 2.32. The number of benzene rings is 2. The second-order valence-electron chi connectivity index (χ2n) is 5.18. The van der Waals surface area contributed by atoms with Crippen molar-refractivity contribution in [3.8, 4) is 17.1 Å². The van der Waals surface area contributed by atoms with Crippen LogP contribution >= 0.6 is 0 Å². The molecule has 0 amide bonds. The number of esters is 1. The van der Waals surface area contributed by atoms with Crippen molar-refractivity contribution < 1.29 is 14.3 Å². The van der Waals surface area contributed by atoms with Crippen molar-refractivity contribution in [2.24, 2.45) is 0 Å². The molecule has 0 unspecified atom stereocenters. The number of carbonyl (C=O) groups is 1. The SMILES string of the molecule is CCCOc1ccc(-c2nc3ccc(C(=O)OC)cc3[nH]2)cc1. The third-order valence-electron chi connectivity index (χ3n) is 3.50. The molecule has 0 spiro atoms. The number of ether oxygens (including phenoxy) is 2. The summed E-state index contributed by atoms with van der Waals surface area (Å²) in [6.45, 7) is 2.78. The molecule has 0 aliphatic heterocycles. The lowest BCUT2D eigenvalue weighted by molar-refractivity contribution is 0.0601. The minimum Gasteiger partial charge on any atom is -0.494 e. The van der Waals surface area contributed by atoms with E-state index in [1.54, 1.807) is 18.2 Å². The minimum absolute atomic E-state index is 0.361. The van der Waals surface area contributed by atoms with E-state index in [4.69, 9.17) is 9.47 Å². The summed E-state index contributed by atoms with van der Waals surface area (Å²) in [5.41, 5.74) is 3.07. The molecule has 5 heteroatoms. The zero-order valence-electron chi connectivity index (χ0n) is 13.1. The van der Waals surface area contributed by atoms with E-state index < -0.39 is 0 Å². The van der Waals surface area contributed by atoms with Gasteiger partial charge in [0.25, 0.3) is 0 Å². The number of hydrogen-bond donors (Lipinski definition) is 1. The zero-order valence-corrected chi connectivity index (χ0v) is 13.1. The average molecular weight is 310 g/mol. The van der Waals surface area contributed by atoms with Crippen molar-refractivity contribution in [1.82, 2.24) is 9.97 Å². The number of aromatic nitrogens is 2. The number of H-pyrrole nitrogens is 1. The molecule has 0 radical (unpaired) electrons. The van der Waals surface area contributed by atoms with Crippen LogP contribution in [-0.2, 0) is 4.74 Å². The van der Waals surface area contributed by atoms with Gasteiger partial charge in [0.05, 0.1) is 30.3 Å². The minimum atomic E-state index is -0.361. The zero-order chi connectivity index (χ0) is 16.2. The van der Waals surface area contributed by atoms with Crippen molar-refractivity contribution in [3.63, 3.8) is 0 Å². The van der Waals surface area contributed by atoms with Crippen LogP contribution in [0.25, 0.3) is 22.4 Å². The third kappa shape index (κ3) is 3.18. The normalized spacial score (nSPS) is 10.7. The number of aromatic amines is 1. The Morgan fingerprint density at radius 1 is 1.17 bits per heavy atom. The van der Waals surface area contributed by atoms with Gasteiger partial charge < -0.3 is 14.5 Å². The summed E-state index contributed by atoms with van der Waals surface area (Å²) >= 11 is 0. The quantitative estimate of drug-likeness (QED) is 0.728. The highest BCUT2D eigenvalue weighted by molar-refractivity contribution is 5.94. The lowest BCUT2D eigenvalue weighted by atomic mass is 10.2. The third-order valence-corrected chi connectivity index (χ3v) is 3.50. The molecule has 2 aromatic carbocycles. The molecule has 0 bridgehead atoms. The molecule has 0 aliphatic carbocycles. The number of methoxy groups -OCH3 is 1. The number of fused-ring (bicyclic) bond motifs is 1. The lowest BCUT2D eigenvalue weighted by Gasteiger charge is -2.04. The van der Waals surface area contributed by atoms with Gasteiger partial charge in [-0.15, -0.1) is 0 Å². The molecule has 1 heterocycles. The monoisotopic (exact) mass is 310 g/mol. The maximum absolute atomic E-state index is 11.6. The van der Waals surface area contributed by atoms with Crippen molar-refractivity contribution in [3.05, 3.63) is 48.0 Å². The first-order chi connectivity index (χ1) is 11.2. The lowest BCUT2D eigenvalue weighted by Crippen LogP contribution is -2.00. The molecular weight excluding hydrogens is 292 g/mol. The van der Waals surface area contributed by atoms with E-state index in [0.717, 1.165) is 34.6 Å². The predicted octanol–water partition coefficient (Wildman–Crippen LogP) is 3.81. The smallest absolute Gasteiger partial charge is 0.337 e. The molecule has 118 valence electrons. The molecule has 3 aromatic rings. The van der Waals surface area contributed by atoms with Gasteiger partial charge in [-0.1, -0.05) is 6.92 Å². The van der Waals surface area contributed by atoms with Gasteiger partial charge in [-0.25, -0.2) is 9.78 Å². The van der Waals surface area contributed by atoms with Gasteiger partial charge in [0.15, 0.2) is 0 Å². The molecule has 23 heavy (non-hydrogen) atoms. The molecule has 3 rings (SSSR count). The van der Waals surface area contributed by atoms with E-state index in [9.17, 15) is 4.79 Å². The van der Waals surface area contributed by atoms with Gasteiger partial charge in [-0.3, -0.25) is 0 Å². The van der Waals surface area contributed by atoms with Crippen molar-refractivity contribution in [2.45, 2.75) is 13.3 Å². The first kappa shape index (κ1) is 15.1. The van der Waals surface area contributed by atoms with Crippen LogP contribution in [0.5, 0.6) is 5.75 Å². The summed E-state index contributed by atoms with van der Waals surface area (Å²) in [5, 5.41) is 0. The summed E-state index contributed by atoms with van der Waals surface area (Å²) in [6, 6.07) is 13.0. The number of nitrogens with zero attached hydrogens (tertiary/aromatic N) is 1. The summed E-state index contributed by atoms with van der Waals surface area (Å²) in [7, 11) is 1.37. The van der Waals surface area contributed by atoms with Gasteiger partial charge in [-0.2, -0.15) is 0 Å². The Hall–Kier alpha value is -2.82. The second kappa shape index (κ2) is 6.52. The highest BCUT2D eigenvalue weighted by Crippen LogP contribution is 2.23. The fraction of sp³-hybridized carbons (Fsp3) is 0.222. The van der Waals surface area contributed by atoms with E-state index in [2.05, 4.69) is 16.9 Å². The largest absolute Gasteiger partial charge is 0.494 e. The first-order valence-electron chi connectivity index (χ1n) is 7.52. The van der Waals surface area contributed by atoms with Crippen molar-refractivity contribution in [1.29, 1.82) is 0 Å². The summed E-state index contributed by atoms with van der Waals surface area (Å²) in [5.74, 6) is 1.24. The number of imidazole rings is 1. The van der Waals surface area contributed by atoms with E-state index in [-0.39, 0.29) is 5.97 Å². The number of hydrogen-bond acceptors (Lipinski definition) is 4. The van der Waals surface area contributed by atoms with Gasteiger partial charge in [0, 0.05) is 5.56 Å². The van der Waals surface area contributed by atoms with Crippen LogP contribution in [0.1, 0.15) is 23.7 Å². The maximum atomic E-state index is 11.6. The van der Waals surface area contributed by atoms with Crippen LogP contribution in [0, 0.1) is 0 Å². The molecule has 0 saturated heterocycles. The van der Waals surface area contributed by atoms with Crippen LogP contribution in [-0.4, -0.2) is 29.7 Å². The standard InChI is InChI=1S/C18H18N2O3/c1-3-10-23-14-7-4-12(5-8-14)17-19-15-9-6-13(18(21)22-2)11-16(15)20-17/h4-9,11H,3,10H2,1-2H3,(H,19,20). The molecule has 0 aliphatic rings. The van der Waals surface area contributed by atoms with Crippen LogP contribution in [0.15, 0.2) is 42.5 Å². The highest BCUT2D eigenvalue weighted by Gasteiger charge is 2.10. The number of carbonyl (C=O) groups excluding carboxylic acids is 1. The number of rotatable bonds is 5.